The average Bonchev–Trinajstić information content (AvgIpc) is 2.70. The Kier molecular flexibility index (Phi) is 5.78. The van der Waals surface area contributed by atoms with Crippen molar-refractivity contribution < 1.29 is 14.3 Å². The number of hydrogen-bond donors (Lipinski definition) is 2. The summed E-state index contributed by atoms with van der Waals surface area (Å²) in [5.41, 5.74) is 2.36. The number of benzene rings is 2. The van der Waals surface area contributed by atoms with Crippen LogP contribution < -0.4 is 20.1 Å². The molecule has 0 atom stereocenters. The number of ether oxygens (including phenoxy) is 2. The first-order valence-corrected chi connectivity index (χ1v) is 8.49. The van der Waals surface area contributed by atoms with Crippen LogP contribution in [0.4, 0.5) is 17.1 Å². The summed E-state index contributed by atoms with van der Waals surface area (Å²) in [6.07, 6.45) is 1.57. The van der Waals surface area contributed by atoms with Crippen molar-refractivity contribution in [2.24, 2.45) is 0 Å². The summed E-state index contributed by atoms with van der Waals surface area (Å²) in [6.45, 7) is 0. The molecule has 0 aliphatic heterocycles. The molecule has 0 fully saturated rings. The Morgan fingerprint density at radius 2 is 1.70 bits per heavy atom. The lowest BCUT2D eigenvalue weighted by molar-refractivity contribution is 0.102. The number of methoxy groups -OCH3 is 2. The predicted molar refractivity (Wildman–Crippen MR) is 106 cm³/mol. The molecule has 3 aromatic rings. The molecule has 1 aromatic heterocycles. The number of amides is 1. The van der Waals surface area contributed by atoms with Crippen LogP contribution in [-0.2, 0) is 0 Å². The number of pyridine rings is 1. The molecule has 0 saturated carbocycles. The largest absolute Gasteiger partial charge is 0.495 e. The van der Waals surface area contributed by atoms with Gasteiger partial charge in [-0.15, -0.1) is 0 Å². The van der Waals surface area contributed by atoms with E-state index in [2.05, 4.69) is 15.6 Å². The molecule has 7 heteroatoms. The number of carbonyl (C=O) groups excluding carboxylic acids is 1. The van der Waals surface area contributed by atoms with E-state index in [9.17, 15) is 4.79 Å². The number of aromatic nitrogens is 1. The monoisotopic (exact) mass is 383 g/mol. The lowest BCUT2D eigenvalue weighted by Gasteiger charge is -2.13. The number of hydrogen-bond acceptors (Lipinski definition) is 5. The van der Waals surface area contributed by atoms with E-state index < -0.39 is 0 Å². The molecule has 6 nitrogen and oxygen atoms in total. The number of nitrogens with one attached hydrogen (secondary N) is 2. The number of halogens is 1. The van der Waals surface area contributed by atoms with Gasteiger partial charge in [-0.3, -0.25) is 9.78 Å². The summed E-state index contributed by atoms with van der Waals surface area (Å²) in [5, 5.41) is 6.40. The number of carbonyl (C=O) groups is 1. The maximum atomic E-state index is 12.6. The molecule has 2 N–H and O–H groups in total. The zero-order valence-corrected chi connectivity index (χ0v) is 15.6. The zero-order valence-electron chi connectivity index (χ0n) is 14.8. The molecule has 3 rings (SSSR count). The second-order valence-corrected chi connectivity index (χ2v) is 5.97. The number of para-hydroxylation sites is 1. The highest BCUT2D eigenvalue weighted by Crippen LogP contribution is 2.36. The van der Waals surface area contributed by atoms with Gasteiger partial charge in [-0.05, 0) is 24.3 Å². The third-order valence-electron chi connectivity index (χ3n) is 3.78. The van der Waals surface area contributed by atoms with E-state index in [0.29, 0.717) is 22.2 Å². The lowest BCUT2D eigenvalue weighted by atomic mass is 10.2. The van der Waals surface area contributed by atoms with E-state index in [4.69, 9.17) is 21.1 Å². The quantitative estimate of drug-likeness (QED) is 0.642. The molecular formula is C20H18ClN3O3. The molecule has 0 saturated heterocycles. The van der Waals surface area contributed by atoms with Crippen LogP contribution in [0.5, 0.6) is 11.5 Å². The first kappa shape index (κ1) is 18.5. The average molecular weight is 384 g/mol. The van der Waals surface area contributed by atoms with Crippen molar-refractivity contribution in [1.29, 1.82) is 0 Å². The van der Waals surface area contributed by atoms with Crippen molar-refractivity contribution in [3.8, 4) is 11.5 Å². The van der Waals surface area contributed by atoms with Crippen molar-refractivity contribution in [2.45, 2.75) is 0 Å². The Hall–Kier alpha value is -3.25. The Labute approximate surface area is 162 Å². The standard InChI is InChI=1S/C20H18ClN3O3/c1-26-18-12-16(19(27-2)11-15(18)21)24-20(25)17-10-14(8-9-22-17)23-13-6-4-3-5-7-13/h3-12H,1-2H3,(H,22,23)(H,24,25). The molecule has 0 aliphatic carbocycles. The number of rotatable bonds is 6. The van der Waals surface area contributed by atoms with E-state index in [0.717, 1.165) is 11.4 Å². The molecule has 0 aliphatic rings. The minimum absolute atomic E-state index is 0.256. The van der Waals surface area contributed by atoms with Gasteiger partial charge in [0, 0.05) is 29.7 Å². The fraction of sp³-hybridized carbons (Fsp3) is 0.100. The summed E-state index contributed by atoms with van der Waals surface area (Å²) in [7, 11) is 3.00. The SMILES string of the molecule is COc1cc(NC(=O)c2cc(Nc3ccccc3)ccn2)c(OC)cc1Cl. The Bertz CT molecular complexity index is 948. The zero-order chi connectivity index (χ0) is 19.2. The molecule has 0 spiro atoms. The van der Waals surface area contributed by atoms with Crippen LogP contribution in [0.2, 0.25) is 5.02 Å². The fourth-order valence-corrected chi connectivity index (χ4v) is 2.70. The highest BCUT2D eigenvalue weighted by atomic mass is 35.5. The van der Waals surface area contributed by atoms with E-state index >= 15 is 0 Å². The van der Waals surface area contributed by atoms with Gasteiger partial charge in [0.05, 0.1) is 24.9 Å². The predicted octanol–water partition coefficient (Wildman–Crippen LogP) is 4.75. The van der Waals surface area contributed by atoms with E-state index in [1.165, 1.54) is 14.2 Å². The van der Waals surface area contributed by atoms with Gasteiger partial charge in [0.1, 0.15) is 17.2 Å². The first-order chi connectivity index (χ1) is 13.1. The Morgan fingerprint density at radius 3 is 2.41 bits per heavy atom. The molecule has 1 amide bonds. The summed E-state index contributed by atoms with van der Waals surface area (Å²) < 4.78 is 10.5. The third kappa shape index (κ3) is 4.48. The summed E-state index contributed by atoms with van der Waals surface area (Å²) in [4.78, 5) is 16.8. The third-order valence-corrected chi connectivity index (χ3v) is 4.07. The summed E-state index contributed by atoms with van der Waals surface area (Å²) in [5.74, 6) is 0.474. The molecule has 2 aromatic carbocycles. The molecule has 27 heavy (non-hydrogen) atoms. The molecular weight excluding hydrogens is 366 g/mol. The van der Waals surface area contributed by atoms with Crippen LogP contribution in [-0.4, -0.2) is 25.1 Å². The summed E-state index contributed by atoms with van der Waals surface area (Å²) in [6, 6.07) is 16.3. The smallest absolute Gasteiger partial charge is 0.274 e. The highest BCUT2D eigenvalue weighted by Gasteiger charge is 2.15. The second kappa shape index (κ2) is 8.42. The topological polar surface area (TPSA) is 72.5 Å². The molecule has 138 valence electrons. The van der Waals surface area contributed by atoms with Gasteiger partial charge in [0.25, 0.3) is 5.91 Å². The van der Waals surface area contributed by atoms with Gasteiger partial charge in [-0.25, -0.2) is 0 Å². The molecule has 0 bridgehead atoms. The van der Waals surface area contributed by atoms with Gasteiger partial charge in [0.2, 0.25) is 0 Å². The van der Waals surface area contributed by atoms with Gasteiger partial charge in [-0.1, -0.05) is 29.8 Å². The first-order valence-electron chi connectivity index (χ1n) is 8.11. The van der Waals surface area contributed by atoms with E-state index in [1.54, 1.807) is 30.5 Å². The fourth-order valence-electron chi connectivity index (χ4n) is 2.47. The van der Waals surface area contributed by atoms with Crippen LogP contribution in [0.25, 0.3) is 0 Å². The van der Waals surface area contributed by atoms with Gasteiger partial charge >= 0.3 is 0 Å². The van der Waals surface area contributed by atoms with E-state index in [1.807, 2.05) is 30.3 Å². The minimum atomic E-state index is -0.380. The van der Waals surface area contributed by atoms with Crippen molar-refractivity contribution in [1.82, 2.24) is 4.98 Å². The summed E-state index contributed by atoms with van der Waals surface area (Å²) >= 11 is 6.09. The van der Waals surface area contributed by atoms with Gasteiger partial charge < -0.3 is 20.1 Å². The molecule has 1 heterocycles. The van der Waals surface area contributed by atoms with Crippen LogP contribution in [0.3, 0.4) is 0 Å². The second-order valence-electron chi connectivity index (χ2n) is 5.56. The Morgan fingerprint density at radius 1 is 0.963 bits per heavy atom. The van der Waals surface area contributed by atoms with Gasteiger partial charge in [-0.2, -0.15) is 0 Å². The maximum Gasteiger partial charge on any atom is 0.274 e. The number of nitrogens with zero attached hydrogens (tertiary/aromatic N) is 1. The van der Waals surface area contributed by atoms with Gasteiger partial charge in [0.15, 0.2) is 0 Å². The van der Waals surface area contributed by atoms with Crippen LogP contribution in [0, 0.1) is 0 Å². The van der Waals surface area contributed by atoms with Crippen LogP contribution >= 0.6 is 11.6 Å². The molecule has 0 unspecified atom stereocenters. The highest BCUT2D eigenvalue weighted by molar-refractivity contribution is 6.32. The van der Waals surface area contributed by atoms with Crippen molar-refractivity contribution in [3.05, 3.63) is 71.5 Å². The van der Waals surface area contributed by atoms with Crippen molar-refractivity contribution in [2.75, 3.05) is 24.9 Å². The number of anilines is 3. The van der Waals surface area contributed by atoms with Crippen molar-refractivity contribution >= 4 is 34.6 Å². The Balaban J connectivity index is 1.82. The lowest BCUT2D eigenvalue weighted by Crippen LogP contribution is -2.14. The van der Waals surface area contributed by atoms with Crippen LogP contribution in [0.1, 0.15) is 10.5 Å². The van der Waals surface area contributed by atoms with Crippen molar-refractivity contribution in [3.63, 3.8) is 0 Å². The van der Waals surface area contributed by atoms with Crippen LogP contribution in [0.15, 0.2) is 60.8 Å². The molecule has 0 radical (unpaired) electrons. The van der Waals surface area contributed by atoms with E-state index in [-0.39, 0.29) is 11.6 Å². The maximum absolute atomic E-state index is 12.6. The normalized spacial score (nSPS) is 10.2. The minimum Gasteiger partial charge on any atom is -0.495 e.